The van der Waals surface area contributed by atoms with E-state index >= 15 is 0 Å². The fourth-order valence-electron chi connectivity index (χ4n) is 4.59. The quantitative estimate of drug-likeness (QED) is 0.243. The van der Waals surface area contributed by atoms with E-state index in [2.05, 4.69) is 32.1 Å². The van der Waals surface area contributed by atoms with E-state index in [-0.39, 0.29) is 0 Å². The zero-order valence-electron chi connectivity index (χ0n) is 19.8. The molecule has 0 nitrogen and oxygen atoms in total. The molecule has 32 heavy (non-hydrogen) atoms. The number of halogens is 2. The van der Waals surface area contributed by atoms with Crippen LogP contribution in [0.25, 0.3) is 11.1 Å². The van der Waals surface area contributed by atoms with Crippen LogP contribution in [0.3, 0.4) is 0 Å². The molecule has 1 atom stereocenters. The van der Waals surface area contributed by atoms with Crippen LogP contribution in [0, 0.1) is 17.6 Å². The summed E-state index contributed by atoms with van der Waals surface area (Å²) in [4.78, 5) is 0. The third kappa shape index (κ3) is 6.89. The first-order chi connectivity index (χ1) is 15.6. The standard InChI is InChI=1S/C30H38F2/c1-3-5-6-10-24-13-15-25(16-14-24)11-7-8-12-27-21-22-28(30(32)29(27)31)26-19-17-23(9-4-2)18-20-26/h7,11,13,17-22,25H,3-6,8-10,12,14-16H2,1-2H3/b11-7+. The van der Waals surface area contributed by atoms with Gasteiger partial charge in [-0.25, -0.2) is 8.78 Å². The summed E-state index contributed by atoms with van der Waals surface area (Å²) in [6.45, 7) is 4.38. The Hall–Kier alpha value is -2.22. The van der Waals surface area contributed by atoms with Crippen molar-refractivity contribution in [2.24, 2.45) is 5.92 Å². The Morgan fingerprint density at radius 2 is 1.69 bits per heavy atom. The lowest BCUT2D eigenvalue weighted by molar-refractivity contribution is 0.501. The molecule has 0 amide bonds. The maximum atomic E-state index is 14.7. The third-order valence-electron chi connectivity index (χ3n) is 6.60. The van der Waals surface area contributed by atoms with Crippen LogP contribution in [0.2, 0.25) is 0 Å². The second-order valence-corrected chi connectivity index (χ2v) is 9.17. The summed E-state index contributed by atoms with van der Waals surface area (Å²) in [6, 6.07) is 11.2. The first-order valence-electron chi connectivity index (χ1n) is 12.5. The molecule has 0 N–H and O–H groups in total. The van der Waals surface area contributed by atoms with Gasteiger partial charge in [-0.2, -0.15) is 0 Å². The van der Waals surface area contributed by atoms with Crippen LogP contribution in [-0.2, 0) is 12.8 Å². The van der Waals surface area contributed by atoms with Crippen molar-refractivity contribution < 1.29 is 8.78 Å². The maximum Gasteiger partial charge on any atom is 0.166 e. The second-order valence-electron chi connectivity index (χ2n) is 9.17. The van der Waals surface area contributed by atoms with Crippen LogP contribution < -0.4 is 0 Å². The highest BCUT2D eigenvalue weighted by atomic mass is 19.2. The average Bonchev–Trinajstić information content (AvgIpc) is 2.81. The minimum Gasteiger partial charge on any atom is -0.203 e. The van der Waals surface area contributed by atoms with Gasteiger partial charge in [-0.05, 0) is 74.0 Å². The van der Waals surface area contributed by atoms with E-state index in [1.165, 1.54) is 44.1 Å². The van der Waals surface area contributed by atoms with Crippen molar-refractivity contribution in [3.05, 3.63) is 83.0 Å². The molecule has 2 aromatic rings. The number of allylic oxidation sites excluding steroid dienone is 4. The normalized spacial score (nSPS) is 16.5. The zero-order valence-corrected chi connectivity index (χ0v) is 19.8. The fraction of sp³-hybridized carbons (Fsp3) is 0.467. The Labute approximate surface area is 193 Å². The van der Waals surface area contributed by atoms with Crippen LogP contribution in [0.1, 0.15) is 82.8 Å². The van der Waals surface area contributed by atoms with Gasteiger partial charge in [0.05, 0.1) is 0 Å². The molecule has 0 saturated heterocycles. The Balaban J connectivity index is 1.52. The highest BCUT2D eigenvalue weighted by molar-refractivity contribution is 5.65. The lowest BCUT2D eigenvalue weighted by Crippen LogP contribution is -2.03. The molecule has 2 heteroatoms. The molecule has 0 spiro atoms. The van der Waals surface area contributed by atoms with E-state index in [0.29, 0.717) is 23.5 Å². The molecule has 1 unspecified atom stereocenters. The van der Waals surface area contributed by atoms with Crippen LogP contribution in [0.5, 0.6) is 0 Å². The number of hydrogen-bond acceptors (Lipinski definition) is 0. The molecule has 172 valence electrons. The summed E-state index contributed by atoms with van der Waals surface area (Å²) in [5.41, 5.74) is 4.38. The van der Waals surface area contributed by atoms with Gasteiger partial charge in [-0.15, -0.1) is 0 Å². The largest absolute Gasteiger partial charge is 0.203 e. The van der Waals surface area contributed by atoms with Gasteiger partial charge in [0.25, 0.3) is 0 Å². The molecular formula is C30H38F2. The highest BCUT2D eigenvalue weighted by Crippen LogP contribution is 2.29. The lowest BCUT2D eigenvalue weighted by atomic mass is 9.87. The van der Waals surface area contributed by atoms with E-state index in [1.807, 2.05) is 24.3 Å². The molecule has 0 fully saturated rings. The van der Waals surface area contributed by atoms with E-state index in [4.69, 9.17) is 0 Å². The average molecular weight is 437 g/mol. The summed E-state index contributed by atoms with van der Waals surface area (Å²) in [5, 5.41) is 0. The van der Waals surface area contributed by atoms with Gasteiger partial charge >= 0.3 is 0 Å². The maximum absolute atomic E-state index is 14.7. The topological polar surface area (TPSA) is 0 Å². The van der Waals surface area contributed by atoms with E-state index in [0.717, 1.165) is 31.2 Å². The summed E-state index contributed by atoms with van der Waals surface area (Å²) in [5.74, 6) is -0.849. The number of aryl methyl sites for hydroxylation is 2. The summed E-state index contributed by atoms with van der Waals surface area (Å²) in [7, 11) is 0. The molecule has 1 aliphatic rings. The molecule has 0 heterocycles. The molecule has 0 saturated carbocycles. The summed E-state index contributed by atoms with van der Waals surface area (Å²) < 4.78 is 29.4. The van der Waals surface area contributed by atoms with Crippen molar-refractivity contribution in [3.63, 3.8) is 0 Å². The molecule has 0 aliphatic heterocycles. The zero-order chi connectivity index (χ0) is 22.8. The molecule has 0 bridgehead atoms. The van der Waals surface area contributed by atoms with Crippen LogP contribution in [0.15, 0.2) is 60.2 Å². The van der Waals surface area contributed by atoms with Crippen molar-refractivity contribution >= 4 is 0 Å². The molecular weight excluding hydrogens is 398 g/mol. The van der Waals surface area contributed by atoms with Crippen molar-refractivity contribution in [1.29, 1.82) is 0 Å². The Morgan fingerprint density at radius 3 is 2.38 bits per heavy atom. The third-order valence-corrected chi connectivity index (χ3v) is 6.60. The van der Waals surface area contributed by atoms with E-state index < -0.39 is 11.6 Å². The van der Waals surface area contributed by atoms with Crippen molar-refractivity contribution in [2.75, 3.05) is 0 Å². The predicted molar refractivity (Wildman–Crippen MR) is 133 cm³/mol. The van der Waals surface area contributed by atoms with Gasteiger partial charge in [-0.3, -0.25) is 0 Å². The van der Waals surface area contributed by atoms with Gasteiger partial charge in [0, 0.05) is 5.56 Å². The van der Waals surface area contributed by atoms with E-state index in [1.54, 1.807) is 17.7 Å². The first kappa shape index (κ1) is 24.4. The van der Waals surface area contributed by atoms with Gasteiger partial charge in [0.1, 0.15) is 0 Å². The lowest BCUT2D eigenvalue weighted by Gasteiger charge is -2.19. The smallest absolute Gasteiger partial charge is 0.166 e. The molecule has 0 aromatic heterocycles. The molecule has 0 radical (unpaired) electrons. The second kappa shape index (κ2) is 12.7. The summed E-state index contributed by atoms with van der Waals surface area (Å²) in [6.07, 6.45) is 18.9. The summed E-state index contributed by atoms with van der Waals surface area (Å²) >= 11 is 0. The van der Waals surface area contributed by atoms with Gasteiger partial charge in [0.2, 0.25) is 0 Å². The Bertz CT molecular complexity index is 905. The number of unbranched alkanes of at least 4 members (excludes halogenated alkanes) is 2. The monoisotopic (exact) mass is 436 g/mol. The SMILES string of the molecule is CCCCCC1=CCC(/C=C/CCc2ccc(-c3ccc(CCC)cc3)c(F)c2F)CC1. The Morgan fingerprint density at radius 1 is 0.875 bits per heavy atom. The van der Waals surface area contributed by atoms with Gasteiger partial charge in [0.15, 0.2) is 11.6 Å². The van der Waals surface area contributed by atoms with Crippen LogP contribution in [-0.4, -0.2) is 0 Å². The van der Waals surface area contributed by atoms with Crippen molar-refractivity contribution in [3.8, 4) is 11.1 Å². The van der Waals surface area contributed by atoms with Crippen LogP contribution >= 0.6 is 0 Å². The fourth-order valence-corrected chi connectivity index (χ4v) is 4.59. The number of rotatable bonds is 11. The number of benzene rings is 2. The van der Waals surface area contributed by atoms with Crippen molar-refractivity contribution in [1.82, 2.24) is 0 Å². The molecule has 2 aromatic carbocycles. The van der Waals surface area contributed by atoms with E-state index in [9.17, 15) is 8.78 Å². The minimum absolute atomic E-state index is 0.341. The van der Waals surface area contributed by atoms with Gasteiger partial charge in [-0.1, -0.05) is 93.3 Å². The Kier molecular flexibility index (Phi) is 9.71. The first-order valence-corrected chi connectivity index (χ1v) is 12.5. The number of hydrogen-bond donors (Lipinski definition) is 0. The molecule has 3 rings (SSSR count). The minimum atomic E-state index is -0.734. The van der Waals surface area contributed by atoms with Crippen LogP contribution in [0.4, 0.5) is 8.78 Å². The highest BCUT2D eigenvalue weighted by Gasteiger charge is 2.15. The molecule has 1 aliphatic carbocycles. The van der Waals surface area contributed by atoms with Gasteiger partial charge < -0.3 is 0 Å². The van der Waals surface area contributed by atoms with Crippen molar-refractivity contribution in [2.45, 2.75) is 84.5 Å². The predicted octanol–water partition coefficient (Wildman–Crippen LogP) is 9.38.